The summed E-state index contributed by atoms with van der Waals surface area (Å²) in [6.07, 6.45) is -0.542. The van der Waals surface area contributed by atoms with Crippen molar-refractivity contribution in [1.29, 1.82) is 0 Å². The monoisotopic (exact) mass is 374 g/mol. The first-order valence-electron chi connectivity index (χ1n) is 7.87. The van der Waals surface area contributed by atoms with Gasteiger partial charge < -0.3 is 9.47 Å². The van der Waals surface area contributed by atoms with Crippen LogP contribution in [0.4, 0.5) is 21.9 Å². The molecule has 1 heterocycles. The smallest absolute Gasteiger partial charge is 0.419 e. The van der Waals surface area contributed by atoms with E-state index in [0.29, 0.717) is 22.0 Å². The minimum absolute atomic E-state index is 0.0354. The van der Waals surface area contributed by atoms with Crippen LogP contribution in [-0.4, -0.2) is 23.7 Å². The highest BCUT2D eigenvalue weighted by atomic mass is 32.2. The molecule has 26 heavy (non-hydrogen) atoms. The zero-order chi connectivity index (χ0) is 19.1. The van der Waals surface area contributed by atoms with Crippen LogP contribution in [0.5, 0.6) is 5.75 Å². The van der Waals surface area contributed by atoms with Crippen molar-refractivity contribution in [3.8, 4) is 5.75 Å². The fourth-order valence-corrected chi connectivity index (χ4v) is 3.64. The van der Waals surface area contributed by atoms with Gasteiger partial charge in [0.05, 0.1) is 23.4 Å². The number of anilines is 2. The summed E-state index contributed by atoms with van der Waals surface area (Å²) in [6, 6.07) is 9.73. The zero-order valence-electron chi connectivity index (χ0n) is 14.8. The van der Waals surface area contributed by atoms with E-state index in [0.717, 1.165) is 4.90 Å². The molecule has 2 aromatic carbocycles. The summed E-state index contributed by atoms with van der Waals surface area (Å²) in [5, 5.41) is 11.1. The summed E-state index contributed by atoms with van der Waals surface area (Å²) < 4.78 is 10.8. The van der Waals surface area contributed by atoms with Gasteiger partial charge in [-0.3, -0.25) is 10.1 Å². The Bertz CT molecular complexity index is 892. The molecular weight excluding hydrogens is 356 g/mol. The van der Waals surface area contributed by atoms with E-state index in [-0.39, 0.29) is 5.69 Å². The lowest BCUT2D eigenvalue weighted by atomic mass is 10.2. The largest absolute Gasteiger partial charge is 0.497 e. The van der Waals surface area contributed by atoms with E-state index < -0.39 is 16.6 Å². The van der Waals surface area contributed by atoms with Crippen LogP contribution < -0.4 is 9.64 Å². The maximum Gasteiger partial charge on any atom is 0.419 e. The summed E-state index contributed by atoms with van der Waals surface area (Å²) in [5.74, 6) is 0.634. The molecule has 0 N–H and O–H groups in total. The number of hydrogen-bond acceptors (Lipinski definition) is 6. The first kappa shape index (κ1) is 18.1. The Labute approximate surface area is 155 Å². The molecule has 1 aliphatic heterocycles. The van der Waals surface area contributed by atoms with Gasteiger partial charge in [-0.1, -0.05) is 11.8 Å². The van der Waals surface area contributed by atoms with Gasteiger partial charge in [0.25, 0.3) is 5.69 Å². The number of hydrogen-bond donors (Lipinski definition) is 0. The fourth-order valence-electron chi connectivity index (χ4n) is 2.52. The van der Waals surface area contributed by atoms with E-state index in [1.807, 2.05) is 0 Å². The molecule has 0 saturated heterocycles. The van der Waals surface area contributed by atoms with Crippen LogP contribution in [0.2, 0.25) is 0 Å². The lowest BCUT2D eigenvalue weighted by Gasteiger charge is -2.32. The molecule has 0 spiro atoms. The molecule has 0 saturated carbocycles. The average Bonchev–Trinajstić information content (AvgIpc) is 2.56. The third-order valence-corrected chi connectivity index (χ3v) is 4.69. The van der Waals surface area contributed by atoms with Crippen LogP contribution in [0.3, 0.4) is 0 Å². The third kappa shape index (κ3) is 3.45. The van der Waals surface area contributed by atoms with Crippen molar-refractivity contribution >= 4 is 34.9 Å². The standard InChI is InChI=1S/C18H18N2O5S/c1-18(2,3)25-17(21)19-13-7-5-11(20(22)23)9-15(13)26-16-10-12(24-4)6-8-14(16)19/h5-10H,1-4H3. The number of benzene rings is 2. The molecule has 0 fully saturated rings. The molecule has 0 radical (unpaired) electrons. The van der Waals surface area contributed by atoms with Crippen LogP contribution in [0.25, 0.3) is 0 Å². The van der Waals surface area contributed by atoms with Crippen molar-refractivity contribution < 1.29 is 19.2 Å². The minimum atomic E-state index is -0.671. The predicted octanol–water partition coefficient (Wildman–Crippen LogP) is 5.14. The summed E-state index contributed by atoms with van der Waals surface area (Å²) in [6.45, 7) is 5.36. The zero-order valence-corrected chi connectivity index (χ0v) is 15.6. The second kappa shape index (κ2) is 6.53. The summed E-state index contributed by atoms with van der Waals surface area (Å²) in [7, 11) is 1.56. The summed E-state index contributed by atoms with van der Waals surface area (Å²) in [5.41, 5.74) is 0.487. The van der Waals surface area contributed by atoms with Gasteiger partial charge in [-0.15, -0.1) is 0 Å². The van der Waals surface area contributed by atoms with Gasteiger partial charge in [-0.2, -0.15) is 0 Å². The Kier molecular flexibility index (Phi) is 4.53. The van der Waals surface area contributed by atoms with Crippen molar-refractivity contribution in [3.63, 3.8) is 0 Å². The number of carbonyl (C=O) groups is 1. The first-order valence-corrected chi connectivity index (χ1v) is 8.69. The Morgan fingerprint density at radius 2 is 1.73 bits per heavy atom. The molecule has 0 aromatic heterocycles. The molecule has 136 valence electrons. The number of methoxy groups -OCH3 is 1. The molecule has 0 bridgehead atoms. The molecule has 2 aromatic rings. The van der Waals surface area contributed by atoms with E-state index in [4.69, 9.17) is 9.47 Å². The quantitative estimate of drug-likeness (QED) is 0.535. The van der Waals surface area contributed by atoms with Crippen LogP contribution in [-0.2, 0) is 4.74 Å². The van der Waals surface area contributed by atoms with Crippen molar-refractivity contribution in [1.82, 2.24) is 0 Å². The number of rotatable bonds is 2. The molecule has 1 amide bonds. The van der Waals surface area contributed by atoms with Crippen LogP contribution >= 0.6 is 11.8 Å². The Morgan fingerprint density at radius 3 is 2.31 bits per heavy atom. The number of fused-ring (bicyclic) bond motifs is 2. The van der Waals surface area contributed by atoms with Crippen molar-refractivity contribution in [3.05, 3.63) is 46.5 Å². The summed E-state index contributed by atoms with van der Waals surface area (Å²) >= 11 is 1.35. The predicted molar refractivity (Wildman–Crippen MR) is 98.6 cm³/mol. The third-order valence-electron chi connectivity index (χ3n) is 3.60. The number of carbonyl (C=O) groups excluding carboxylic acids is 1. The SMILES string of the molecule is COc1ccc2c(c1)Sc1cc([N+](=O)[O-])ccc1N2C(=O)OC(C)(C)C. The molecule has 3 rings (SSSR count). The van der Waals surface area contributed by atoms with Crippen LogP contribution in [0, 0.1) is 10.1 Å². The van der Waals surface area contributed by atoms with E-state index in [1.54, 1.807) is 52.1 Å². The topological polar surface area (TPSA) is 81.9 Å². The number of non-ortho nitro benzene ring substituents is 1. The maximum absolute atomic E-state index is 12.8. The van der Waals surface area contributed by atoms with E-state index in [9.17, 15) is 14.9 Å². The Hall–Kier alpha value is -2.74. The van der Waals surface area contributed by atoms with Crippen molar-refractivity contribution in [2.45, 2.75) is 36.2 Å². The highest BCUT2D eigenvalue weighted by Gasteiger charge is 2.33. The molecule has 0 aliphatic carbocycles. The normalized spacial score (nSPS) is 12.8. The molecule has 8 heteroatoms. The maximum atomic E-state index is 12.8. The molecule has 1 aliphatic rings. The van der Waals surface area contributed by atoms with Crippen LogP contribution in [0.15, 0.2) is 46.2 Å². The van der Waals surface area contributed by atoms with Gasteiger partial charge in [0.15, 0.2) is 0 Å². The van der Waals surface area contributed by atoms with Crippen molar-refractivity contribution in [2.75, 3.05) is 12.0 Å². The second-order valence-electron chi connectivity index (χ2n) is 6.66. The second-order valence-corrected chi connectivity index (χ2v) is 7.74. The van der Waals surface area contributed by atoms with Gasteiger partial charge in [0, 0.05) is 21.9 Å². The molecule has 0 atom stereocenters. The number of ether oxygens (including phenoxy) is 2. The fraction of sp³-hybridized carbons (Fsp3) is 0.278. The van der Waals surface area contributed by atoms with Gasteiger partial charge in [-0.25, -0.2) is 9.69 Å². The lowest BCUT2D eigenvalue weighted by Crippen LogP contribution is -2.35. The molecule has 0 unspecified atom stereocenters. The first-order chi connectivity index (χ1) is 12.2. The van der Waals surface area contributed by atoms with Crippen LogP contribution in [0.1, 0.15) is 20.8 Å². The Morgan fingerprint density at radius 1 is 1.12 bits per heavy atom. The molecule has 7 nitrogen and oxygen atoms in total. The van der Waals surface area contributed by atoms with Gasteiger partial charge in [0.2, 0.25) is 0 Å². The van der Waals surface area contributed by atoms with Crippen molar-refractivity contribution in [2.24, 2.45) is 0 Å². The van der Waals surface area contributed by atoms with Gasteiger partial charge in [-0.05, 0) is 45.0 Å². The molecular formula is C18H18N2O5S. The summed E-state index contributed by atoms with van der Waals surface area (Å²) in [4.78, 5) is 26.3. The number of amides is 1. The minimum Gasteiger partial charge on any atom is -0.497 e. The number of nitro groups is 1. The number of nitrogens with zero attached hydrogens (tertiary/aromatic N) is 2. The van der Waals surface area contributed by atoms with Gasteiger partial charge >= 0.3 is 6.09 Å². The number of nitro benzene ring substituents is 1. The highest BCUT2D eigenvalue weighted by Crippen LogP contribution is 2.50. The van der Waals surface area contributed by atoms with E-state index >= 15 is 0 Å². The highest BCUT2D eigenvalue weighted by molar-refractivity contribution is 7.99. The average molecular weight is 374 g/mol. The lowest BCUT2D eigenvalue weighted by molar-refractivity contribution is -0.385. The Balaban J connectivity index is 2.13. The van der Waals surface area contributed by atoms with E-state index in [2.05, 4.69) is 0 Å². The van der Waals surface area contributed by atoms with Gasteiger partial charge in [0.1, 0.15) is 11.4 Å². The van der Waals surface area contributed by atoms with E-state index in [1.165, 1.54) is 28.8 Å².